The minimum Gasteiger partial charge on any atom is -0.469 e. The van der Waals surface area contributed by atoms with Crippen LogP contribution in [0.15, 0.2) is 48.4 Å². The van der Waals surface area contributed by atoms with Crippen LogP contribution < -0.4 is 4.74 Å². The van der Waals surface area contributed by atoms with Gasteiger partial charge in [0.1, 0.15) is 17.3 Å². The number of hydrogen-bond acceptors (Lipinski definition) is 6. The van der Waals surface area contributed by atoms with Crippen molar-refractivity contribution in [2.45, 2.75) is 6.61 Å². The van der Waals surface area contributed by atoms with Gasteiger partial charge in [0, 0.05) is 17.8 Å². The molecule has 0 aliphatic rings. The molecule has 6 heteroatoms. The highest BCUT2D eigenvalue weighted by Crippen LogP contribution is 2.15. The summed E-state index contributed by atoms with van der Waals surface area (Å²) < 4.78 is 5.50. The molecule has 0 saturated carbocycles. The van der Waals surface area contributed by atoms with E-state index in [1.165, 1.54) is 0 Å². The van der Waals surface area contributed by atoms with Gasteiger partial charge in [-0.25, -0.2) is 15.0 Å². The average molecular weight is 270 g/mol. The Labute approximate surface area is 114 Å². The summed E-state index contributed by atoms with van der Waals surface area (Å²) in [6.07, 6.45) is 6.72. The molecule has 0 aliphatic carbocycles. The van der Waals surface area contributed by atoms with Crippen molar-refractivity contribution in [1.29, 1.82) is 0 Å². The van der Waals surface area contributed by atoms with Gasteiger partial charge in [-0.2, -0.15) is 0 Å². The lowest BCUT2D eigenvalue weighted by molar-refractivity contribution is 0.292. The molecule has 3 aromatic rings. The van der Waals surface area contributed by atoms with E-state index in [0.717, 1.165) is 16.4 Å². The SMILES string of the molecule is c1ccc(-c2cnc(OCc3nccs3)cn2)nc1. The second-order valence-corrected chi connectivity index (χ2v) is 4.65. The summed E-state index contributed by atoms with van der Waals surface area (Å²) in [5.74, 6) is 0.481. The van der Waals surface area contributed by atoms with Gasteiger partial charge in [0.2, 0.25) is 5.88 Å². The van der Waals surface area contributed by atoms with E-state index in [4.69, 9.17) is 4.74 Å². The molecule has 94 valence electrons. The van der Waals surface area contributed by atoms with Crippen LogP contribution in [0.3, 0.4) is 0 Å². The Kier molecular flexibility index (Phi) is 3.42. The van der Waals surface area contributed by atoms with E-state index in [-0.39, 0.29) is 0 Å². The van der Waals surface area contributed by atoms with E-state index >= 15 is 0 Å². The zero-order valence-corrected chi connectivity index (χ0v) is 10.7. The monoisotopic (exact) mass is 270 g/mol. The molecule has 3 heterocycles. The number of rotatable bonds is 4. The summed E-state index contributed by atoms with van der Waals surface area (Å²) in [7, 11) is 0. The second-order valence-electron chi connectivity index (χ2n) is 3.67. The minimum absolute atomic E-state index is 0.412. The molecular formula is C13H10N4OS. The van der Waals surface area contributed by atoms with E-state index in [2.05, 4.69) is 19.9 Å². The Morgan fingerprint density at radius 1 is 0.947 bits per heavy atom. The number of ether oxygens (including phenoxy) is 1. The van der Waals surface area contributed by atoms with Crippen LogP contribution >= 0.6 is 11.3 Å². The summed E-state index contributed by atoms with van der Waals surface area (Å²) in [6.45, 7) is 0.412. The molecule has 3 aromatic heterocycles. The molecule has 0 N–H and O–H groups in total. The molecule has 0 unspecified atom stereocenters. The van der Waals surface area contributed by atoms with Crippen molar-refractivity contribution >= 4 is 11.3 Å². The topological polar surface area (TPSA) is 60.8 Å². The Bertz CT molecular complexity index is 626. The fourth-order valence-corrected chi connectivity index (χ4v) is 2.02. The third-order valence-corrected chi connectivity index (χ3v) is 3.14. The Morgan fingerprint density at radius 3 is 2.63 bits per heavy atom. The van der Waals surface area contributed by atoms with Crippen LogP contribution in [0.25, 0.3) is 11.4 Å². The highest BCUT2D eigenvalue weighted by molar-refractivity contribution is 7.09. The van der Waals surface area contributed by atoms with Crippen LogP contribution in [-0.2, 0) is 6.61 Å². The fraction of sp³-hybridized carbons (Fsp3) is 0.0769. The van der Waals surface area contributed by atoms with E-state index < -0.39 is 0 Å². The van der Waals surface area contributed by atoms with Gasteiger partial charge in [-0.3, -0.25) is 4.98 Å². The first-order chi connectivity index (χ1) is 9.42. The van der Waals surface area contributed by atoms with Gasteiger partial charge in [-0.15, -0.1) is 11.3 Å². The van der Waals surface area contributed by atoms with Gasteiger partial charge >= 0.3 is 0 Å². The smallest absolute Gasteiger partial charge is 0.232 e. The number of pyridine rings is 1. The molecule has 5 nitrogen and oxygen atoms in total. The molecular weight excluding hydrogens is 260 g/mol. The second kappa shape index (κ2) is 5.53. The normalized spacial score (nSPS) is 10.3. The van der Waals surface area contributed by atoms with Crippen molar-refractivity contribution in [3.05, 3.63) is 53.4 Å². The van der Waals surface area contributed by atoms with Crippen LogP contribution in [0.1, 0.15) is 5.01 Å². The molecule has 0 aliphatic heterocycles. The molecule has 0 bridgehead atoms. The summed E-state index contributed by atoms with van der Waals surface area (Å²) in [5, 5.41) is 2.82. The standard InChI is InChI=1S/C13H10N4OS/c1-2-4-14-10(3-1)11-7-17-12(8-16-11)18-9-13-15-5-6-19-13/h1-8H,9H2. The lowest BCUT2D eigenvalue weighted by Crippen LogP contribution is -1.98. The zero-order chi connectivity index (χ0) is 12.9. The lowest BCUT2D eigenvalue weighted by atomic mass is 10.3. The van der Waals surface area contributed by atoms with Crippen LogP contribution in [0.5, 0.6) is 5.88 Å². The summed E-state index contributed by atoms with van der Waals surface area (Å²) in [6, 6.07) is 5.67. The van der Waals surface area contributed by atoms with Crippen LogP contribution in [-0.4, -0.2) is 19.9 Å². The number of hydrogen-bond donors (Lipinski definition) is 0. The van der Waals surface area contributed by atoms with Crippen molar-refractivity contribution in [2.24, 2.45) is 0 Å². The number of aromatic nitrogens is 4. The first-order valence-corrected chi connectivity index (χ1v) is 6.54. The maximum atomic E-state index is 5.50. The van der Waals surface area contributed by atoms with Gasteiger partial charge in [0.15, 0.2) is 0 Å². The van der Waals surface area contributed by atoms with Gasteiger partial charge in [-0.1, -0.05) is 6.07 Å². The first kappa shape index (κ1) is 11.7. The van der Waals surface area contributed by atoms with E-state index in [9.17, 15) is 0 Å². The van der Waals surface area contributed by atoms with Crippen molar-refractivity contribution in [3.8, 4) is 17.3 Å². The van der Waals surface area contributed by atoms with Gasteiger partial charge in [0.25, 0.3) is 0 Å². The number of thiazole rings is 1. The maximum Gasteiger partial charge on any atom is 0.232 e. The highest BCUT2D eigenvalue weighted by atomic mass is 32.1. The maximum absolute atomic E-state index is 5.50. The first-order valence-electron chi connectivity index (χ1n) is 5.66. The summed E-state index contributed by atoms with van der Waals surface area (Å²) in [4.78, 5) is 16.8. The summed E-state index contributed by atoms with van der Waals surface area (Å²) in [5.41, 5.74) is 1.52. The van der Waals surface area contributed by atoms with E-state index in [0.29, 0.717) is 12.5 Å². The molecule has 0 radical (unpaired) electrons. The minimum atomic E-state index is 0.412. The van der Waals surface area contributed by atoms with Crippen LogP contribution in [0.2, 0.25) is 0 Å². The van der Waals surface area contributed by atoms with E-state index in [1.807, 2.05) is 23.6 Å². The van der Waals surface area contributed by atoms with Gasteiger partial charge < -0.3 is 4.74 Å². The molecule has 0 amide bonds. The Hall–Kier alpha value is -2.34. The summed E-state index contributed by atoms with van der Waals surface area (Å²) >= 11 is 1.55. The molecule has 0 spiro atoms. The molecule has 0 saturated heterocycles. The predicted octanol–water partition coefficient (Wildman–Crippen LogP) is 2.57. The Morgan fingerprint density at radius 2 is 1.95 bits per heavy atom. The van der Waals surface area contributed by atoms with Gasteiger partial charge in [-0.05, 0) is 12.1 Å². The number of nitrogens with zero attached hydrogens (tertiary/aromatic N) is 4. The van der Waals surface area contributed by atoms with Crippen molar-refractivity contribution in [2.75, 3.05) is 0 Å². The fourth-order valence-electron chi connectivity index (χ4n) is 1.50. The van der Waals surface area contributed by atoms with Crippen molar-refractivity contribution < 1.29 is 4.74 Å². The largest absolute Gasteiger partial charge is 0.469 e. The molecule has 0 aromatic carbocycles. The third kappa shape index (κ3) is 2.92. The third-order valence-electron chi connectivity index (χ3n) is 2.38. The predicted molar refractivity (Wildman–Crippen MR) is 71.7 cm³/mol. The average Bonchev–Trinajstić information content (AvgIpc) is 3.00. The zero-order valence-electron chi connectivity index (χ0n) is 9.93. The van der Waals surface area contributed by atoms with Crippen LogP contribution in [0, 0.1) is 0 Å². The molecule has 0 atom stereocenters. The van der Waals surface area contributed by atoms with Gasteiger partial charge in [0.05, 0.1) is 18.1 Å². The molecule has 0 fully saturated rings. The molecule has 3 rings (SSSR count). The quantitative estimate of drug-likeness (QED) is 0.729. The highest BCUT2D eigenvalue weighted by Gasteiger charge is 2.03. The van der Waals surface area contributed by atoms with Crippen molar-refractivity contribution in [1.82, 2.24) is 19.9 Å². The molecule has 19 heavy (non-hydrogen) atoms. The van der Waals surface area contributed by atoms with Crippen molar-refractivity contribution in [3.63, 3.8) is 0 Å². The Balaban J connectivity index is 1.69. The van der Waals surface area contributed by atoms with E-state index in [1.54, 1.807) is 36.1 Å². The van der Waals surface area contributed by atoms with Crippen LogP contribution in [0.4, 0.5) is 0 Å². The lowest BCUT2D eigenvalue weighted by Gasteiger charge is -2.03.